The summed E-state index contributed by atoms with van der Waals surface area (Å²) >= 11 is 6.16. The molecule has 3 rings (SSSR count). The summed E-state index contributed by atoms with van der Waals surface area (Å²) in [5.74, 6) is -0.0541. The van der Waals surface area contributed by atoms with Crippen molar-refractivity contribution in [3.05, 3.63) is 53.1 Å². The largest absolute Gasteiger partial charge is 0.379 e. The van der Waals surface area contributed by atoms with Gasteiger partial charge in [0.15, 0.2) is 0 Å². The lowest BCUT2D eigenvalue weighted by Gasteiger charge is -2.34. The Kier molecular flexibility index (Phi) is 7.46. The summed E-state index contributed by atoms with van der Waals surface area (Å²) in [7, 11) is -4.14. The molecule has 2 amide bonds. The number of rotatable bonds is 8. The van der Waals surface area contributed by atoms with E-state index in [2.05, 4.69) is 5.32 Å². The number of carbonyl (C=O) groups is 2. The van der Waals surface area contributed by atoms with Crippen LogP contribution < -0.4 is 9.50 Å². The third kappa shape index (κ3) is 5.81. The molecule has 0 heterocycles. The Balaban J connectivity index is 1.85. The van der Waals surface area contributed by atoms with E-state index in [-0.39, 0.29) is 41.0 Å². The minimum atomic E-state index is -4.14. The van der Waals surface area contributed by atoms with Crippen LogP contribution in [0.1, 0.15) is 45.6 Å². The number of anilines is 1. The van der Waals surface area contributed by atoms with Gasteiger partial charge in [-0.25, -0.2) is 0 Å². The molecule has 172 valence electrons. The Bertz CT molecular complexity index is 1100. The molecule has 1 N–H and O–H groups in total. The molecule has 9 heteroatoms. The molecular formula is C23H27ClN2O5S. The average molecular weight is 479 g/mol. The van der Waals surface area contributed by atoms with Crippen LogP contribution in [0.15, 0.2) is 47.4 Å². The van der Waals surface area contributed by atoms with E-state index in [1.165, 1.54) is 37.3 Å². The summed E-state index contributed by atoms with van der Waals surface area (Å²) in [6.45, 7) is 5.41. The minimum Gasteiger partial charge on any atom is -0.379 e. The molecule has 0 aromatic heterocycles. The van der Waals surface area contributed by atoms with Gasteiger partial charge in [-0.2, -0.15) is 8.42 Å². The average Bonchev–Trinajstić information content (AvgIpc) is 2.66. The summed E-state index contributed by atoms with van der Waals surface area (Å²) in [4.78, 5) is 25.7. The molecule has 0 atom stereocenters. The number of amides is 2. The molecule has 0 saturated heterocycles. The zero-order valence-electron chi connectivity index (χ0n) is 18.3. The van der Waals surface area contributed by atoms with Gasteiger partial charge in [-0.05, 0) is 69.2 Å². The molecule has 2 aromatic carbocycles. The Morgan fingerprint density at radius 2 is 1.81 bits per heavy atom. The van der Waals surface area contributed by atoms with Crippen molar-refractivity contribution in [2.24, 2.45) is 5.92 Å². The molecule has 1 fully saturated rings. The fraction of sp³-hybridized carbons (Fsp3) is 0.391. The number of nitrogens with zero attached hydrogens (tertiary/aromatic N) is 1. The van der Waals surface area contributed by atoms with Gasteiger partial charge in [0.25, 0.3) is 0 Å². The highest BCUT2D eigenvalue weighted by molar-refractivity contribution is 7.87. The predicted molar refractivity (Wildman–Crippen MR) is 123 cm³/mol. The van der Waals surface area contributed by atoms with E-state index in [9.17, 15) is 18.0 Å². The summed E-state index contributed by atoms with van der Waals surface area (Å²) in [6.07, 6.45) is 2.81. The zero-order chi connectivity index (χ0) is 23.5. The minimum absolute atomic E-state index is 0.0202. The van der Waals surface area contributed by atoms with Crippen LogP contribution in [0, 0.1) is 5.92 Å². The van der Waals surface area contributed by atoms with Gasteiger partial charge in [0, 0.05) is 41.7 Å². The van der Waals surface area contributed by atoms with Crippen LogP contribution in [0.25, 0.3) is 0 Å². The van der Waals surface area contributed by atoms with Crippen molar-refractivity contribution in [3.63, 3.8) is 0 Å². The molecule has 0 bridgehead atoms. The lowest BCUT2D eigenvalue weighted by molar-refractivity contribution is -0.140. The molecule has 2 aromatic rings. The summed E-state index contributed by atoms with van der Waals surface area (Å²) in [5, 5.41) is 3.00. The standard InChI is InChI=1S/C23H27ClN2O5S/c1-15(2)26(23(28)17-5-4-6-17)14-18-13-19(24)7-12-22(18)31-32(29,30)21-10-8-20(9-11-21)25-16(3)27/h7-13,15,17H,4-6,14H2,1-3H3,(H,25,27). The quantitative estimate of drug-likeness (QED) is 0.559. The molecule has 1 saturated carbocycles. The predicted octanol–water partition coefficient (Wildman–Crippen LogP) is 4.60. The maximum absolute atomic E-state index is 12.9. The van der Waals surface area contributed by atoms with Crippen LogP contribution in [0.5, 0.6) is 5.75 Å². The van der Waals surface area contributed by atoms with Gasteiger partial charge in [-0.1, -0.05) is 18.0 Å². The second kappa shape index (κ2) is 9.92. The van der Waals surface area contributed by atoms with Crippen molar-refractivity contribution < 1.29 is 22.2 Å². The summed E-state index contributed by atoms with van der Waals surface area (Å²) < 4.78 is 31.2. The molecule has 7 nitrogen and oxygen atoms in total. The molecule has 0 unspecified atom stereocenters. The highest BCUT2D eigenvalue weighted by Gasteiger charge is 2.31. The maximum atomic E-state index is 12.9. The van der Waals surface area contributed by atoms with Gasteiger partial charge in [0.05, 0.1) is 0 Å². The monoisotopic (exact) mass is 478 g/mol. The molecule has 1 aliphatic rings. The van der Waals surface area contributed by atoms with E-state index in [1.807, 2.05) is 13.8 Å². The lowest BCUT2D eigenvalue weighted by atomic mass is 9.84. The fourth-order valence-corrected chi connectivity index (χ4v) is 4.57. The highest BCUT2D eigenvalue weighted by Crippen LogP contribution is 2.32. The Hall–Kier alpha value is -2.58. The lowest BCUT2D eigenvalue weighted by Crippen LogP contribution is -2.42. The van der Waals surface area contributed by atoms with Gasteiger partial charge in [0.2, 0.25) is 11.8 Å². The first kappa shape index (κ1) is 24.1. The topological polar surface area (TPSA) is 92.8 Å². The Labute approximate surface area is 193 Å². The van der Waals surface area contributed by atoms with E-state index >= 15 is 0 Å². The number of carbonyl (C=O) groups excluding carboxylic acids is 2. The first-order valence-electron chi connectivity index (χ1n) is 10.5. The van der Waals surface area contributed by atoms with Crippen molar-refractivity contribution in [1.29, 1.82) is 0 Å². The second-order valence-electron chi connectivity index (χ2n) is 8.18. The van der Waals surface area contributed by atoms with Crippen molar-refractivity contribution in [2.75, 3.05) is 5.32 Å². The summed E-state index contributed by atoms with van der Waals surface area (Å²) in [5.41, 5.74) is 0.989. The van der Waals surface area contributed by atoms with Crippen LogP contribution >= 0.6 is 11.6 Å². The smallest absolute Gasteiger partial charge is 0.339 e. The van der Waals surface area contributed by atoms with Gasteiger partial charge < -0.3 is 14.4 Å². The van der Waals surface area contributed by atoms with E-state index in [1.54, 1.807) is 17.0 Å². The molecule has 32 heavy (non-hydrogen) atoms. The van der Waals surface area contributed by atoms with Crippen molar-refractivity contribution in [3.8, 4) is 5.75 Å². The zero-order valence-corrected chi connectivity index (χ0v) is 19.9. The number of hydrogen-bond acceptors (Lipinski definition) is 5. The first-order valence-corrected chi connectivity index (χ1v) is 12.3. The van der Waals surface area contributed by atoms with Crippen LogP contribution in [-0.2, 0) is 26.3 Å². The number of benzene rings is 2. The van der Waals surface area contributed by atoms with Crippen molar-refractivity contribution in [1.82, 2.24) is 4.90 Å². The maximum Gasteiger partial charge on any atom is 0.339 e. The van der Waals surface area contributed by atoms with Gasteiger partial charge >= 0.3 is 10.1 Å². The van der Waals surface area contributed by atoms with E-state index < -0.39 is 10.1 Å². The molecule has 0 aliphatic heterocycles. The first-order chi connectivity index (χ1) is 15.1. The fourth-order valence-electron chi connectivity index (χ4n) is 3.42. The van der Waals surface area contributed by atoms with E-state index in [4.69, 9.17) is 15.8 Å². The van der Waals surface area contributed by atoms with Crippen LogP contribution in [0.2, 0.25) is 5.02 Å². The second-order valence-corrected chi connectivity index (χ2v) is 10.2. The third-order valence-electron chi connectivity index (χ3n) is 5.39. The Morgan fingerprint density at radius 1 is 1.16 bits per heavy atom. The normalized spacial score (nSPS) is 14.0. The molecular weight excluding hydrogens is 452 g/mol. The van der Waals surface area contributed by atoms with E-state index in [0.717, 1.165) is 19.3 Å². The van der Waals surface area contributed by atoms with Gasteiger partial charge in [-0.15, -0.1) is 0 Å². The molecule has 0 radical (unpaired) electrons. The Morgan fingerprint density at radius 3 is 2.34 bits per heavy atom. The number of halogens is 1. The molecule has 0 spiro atoms. The molecule has 1 aliphatic carbocycles. The SMILES string of the molecule is CC(=O)Nc1ccc(S(=O)(=O)Oc2ccc(Cl)cc2CN(C(=O)C2CCC2)C(C)C)cc1. The number of hydrogen-bond donors (Lipinski definition) is 1. The van der Waals surface area contributed by atoms with E-state index in [0.29, 0.717) is 16.3 Å². The van der Waals surface area contributed by atoms with Gasteiger partial charge in [0.1, 0.15) is 10.6 Å². The van der Waals surface area contributed by atoms with Crippen molar-refractivity contribution >= 4 is 39.2 Å². The number of nitrogens with one attached hydrogen (secondary N) is 1. The van der Waals surface area contributed by atoms with Crippen molar-refractivity contribution in [2.45, 2.75) is 57.5 Å². The highest BCUT2D eigenvalue weighted by atomic mass is 35.5. The van der Waals surface area contributed by atoms with Crippen LogP contribution in [0.4, 0.5) is 5.69 Å². The van der Waals surface area contributed by atoms with Crippen LogP contribution in [-0.4, -0.2) is 31.2 Å². The summed E-state index contributed by atoms with van der Waals surface area (Å²) in [6, 6.07) is 10.3. The van der Waals surface area contributed by atoms with Gasteiger partial charge in [-0.3, -0.25) is 9.59 Å². The van der Waals surface area contributed by atoms with Crippen LogP contribution in [0.3, 0.4) is 0 Å². The third-order valence-corrected chi connectivity index (χ3v) is 6.87.